The predicted octanol–water partition coefficient (Wildman–Crippen LogP) is 4.38. The number of nitrogens with zero attached hydrogens (tertiary/aromatic N) is 2. The third kappa shape index (κ3) is 5.93. The zero-order valence-electron chi connectivity index (χ0n) is 23.1. The molecule has 2 aromatic carbocycles. The molecular weight excluding hydrogens is 516 g/mol. The number of hydrogen-bond acceptors (Lipinski definition) is 8. The van der Waals surface area contributed by atoms with Crippen molar-refractivity contribution >= 4 is 23.4 Å². The van der Waals surface area contributed by atoms with Crippen molar-refractivity contribution in [2.45, 2.75) is 53.7 Å². The van der Waals surface area contributed by atoms with Crippen molar-refractivity contribution in [1.29, 1.82) is 0 Å². The molecule has 0 fully saturated rings. The Morgan fingerprint density at radius 2 is 1.74 bits per heavy atom. The number of carbonyl (C=O) groups is 1. The molecule has 206 valence electrons. The number of fused-ring (bicyclic) bond motifs is 1. The molecule has 0 aliphatic carbocycles. The molecule has 1 unspecified atom stereocenters. The van der Waals surface area contributed by atoms with Gasteiger partial charge in [-0.3, -0.25) is 9.36 Å². The predicted molar refractivity (Wildman–Crippen MR) is 151 cm³/mol. The molecule has 39 heavy (non-hydrogen) atoms. The Bertz CT molecular complexity index is 1570. The molecule has 8 nitrogen and oxygen atoms in total. The van der Waals surface area contributed by atoms with Gasteiger partial charge in [0.15, 0.2) is 16.3 Å². The zero-order valence-corrected chi connectivity index (χ0v) is 24.0. The van der Waals surface area contributed by atoms with Gasteiger partial charge < -0.3 is 18.9 Å². The Morgan fingerprint density at radius 3 is 2.44 bits per heavy atom. The largest absolute Gasteiger partial charge is 0.491 e. The van der Waals surface area contributed by atoms with Gasteiger partial charge >= 0.3 is 5.97 Å². The molecule has 2 heterocycles. The van der Waals surface area contributed by atoms with E-state index in [-0.39, 0.29) is 18.3 Å². The lowest BCUT2D eigenvalue weighted by molar-refractivity contribution is -0.139. The fraction of sp³-hybridized carbons (Fsp3) is 0.367. The third-order valence-electron chi connectivity index (χ3n) is 5.96. The lowest BCUT2D eigenvalue weighted by atomic mass is 9.95. The summed E-state index contributed by atoms with van der Waals surface area (Å²) in [7, 11) is 0. The highest BCUT2D eigenvalue weighted by molar-refractivity contribution is 7.07. The summed E-state index contributed by atoms with van der Waals surface area (Å²) in [6, 6.07) is 12.3. The van der Waals surface area contributed by atoms with Crippen LogP contribution in [0.15, 0.2) is 63.5 Å². The molecule has 0 amide bonds. The molecule has 0 saturated heterocycles. The number of para-hydroxylation sites is 1. The Balaban J connectivity index is 1.93. The van der Waals surface area contributed by atoms with Gasteiger partial charge in [0, 0.05) is 5.56 Å². The van der Waals surface area contributed by atoms with E-state index < -0.39 is 12.0 Å². The van der Waals surface area contributed by atoms with E-state index in [4.69, 9.17) is 18.9 Å². The number of benzene rings is 2. The van der Waals surface area contributed by atoms with E-state index in [1.54, 1.807) is 24.5 Å². The first-order chi connectivity index (χ1) is 18.8. The van der Waals surface area contributed by atoms with Crippen molar-refractivity contribution in [3.8, 4) is 17.2 Å². The van der Waals surface area contributed by atoms with Crippen LogP contribution in [0, 0.1) is 0 Å². The van der Waals surface area contributed by atoms with Gasteiger partial charge in [-0.2, -0.15) is 0 Å². The molecule has 1 aliphatic rings. The quantitative estimate of drug-likeness (QED) is 0.348. The average molecular weight is 551 g/mol. The van der Waals surface area contributed by atoms with Crippen LogP contribution in [0.2, 0.25) is 0 Å². The highest BCUT2D eigenvalue weighted by Crippen LogP contribution is 2.36. The first kappa shape index (κ1) is 28.2. The standard InChI is InChI=1S/C30H34N2O6S/c1-7-35-23-15-14-20(16-24(23)36-8-2)17-25-28(33)32-27(21-12-10-11-13-22(21)38-18(4)5)26(29(34)37-9-3)19(6)31-30(32)39-25/h10-18,27H,7-9H2,1-6H3. The third-order valence-corrected chi connectivity index (χ3v) is 6.94. The van der Waals surface area contributed by atoms with Crippen LogP contribution in [0.4, 0.5) is 0 Å². The zero-order chi connectivity index (χ0) is 28.1. The second-order valence-electron chi connectivity index (χ2n) is 9.08. The summed E-state index contributed by atoms with van der Waals surface area (Å²) in [5, 5.41) is 0. The monoisotopic (exact) mass is 550 g/mol. The van der Waals surface area contributed by atoms with E-state index in [2.05, 4.69) is 4.99 Å². The second-order valence-corrected chi connectivity index (χ2v) is 10.1. The van der Waals surface area contributed by atoms with Crippen molar-refractivity contribution in [3.63, 3.8) is 0 Å². The molecular formula is C30H34N2O6S. The summed E-state index contributed by atoms with van der Waals surface area (Å²) >= 11 is 1.27. The van der Waals surface area contributed by atoms with Crippen LogP contribution >= 0.6 is 11.3 Å². The lowest BCUT2D eigenvalue weighted by Gasteiger charge is -2.26. The van der Waals surface area contributed by atoms with E-state index in [9.17, 15) is 9.59 Å². The molecule has 0 bridgehead atoms. The summed E-state index contributed by atoms with van der Waals surface area (Å²) in [6.07, 6.45) is 1.70. The van der Waals surface area contributed by atoms with Crippen molar-refractivity contribution in [2.75, 3.05) is 19.8 Å². The summed E-state index contributed by atoms with van der Waals surface area (Å²) < 4.78 is 25.0. The first-order valence-electron chi connectivity index (χ1n) is 13.1. The van der Waals surface area contributed by atoms with Crippen LogP contribution in [-0.4, -0.2) is 36.5 Å². The van der Waals surface area contributed by atoms with Gasteiger partial charge in [0.05, 0.1) is 41.7 Å². The number of aromatic nitrogens is 1. The highest BCUT2D eigenvalue weighted by Gasteiger charge is 2.35. The van der Waals surface area contributed by atoms with Crippen molar-refractivity contribution in [1.82, 2.24) is 4.57 Å². The Kier molecular flexibility index (Phi) is 8.91. The molecule has 4 rings (SSSR count). The first-order valence-corrected chi connectivity index (χ1v) is 13.9. The van der Waals surface area contributed by atoms with Gasteiger partial charge in [-0.1, -0.05) is 35.6 Å². The van der Waals surface area contributed by atoms with Crippen molar-refractivity contribution in [2.24, 2.45) is 4.99 Å². The molecule has 1 aromatic heterocycles. The van der Waals surface area contributed by atoms with Gasteiger partial charge in [0.1, 0.15) is 11.8 Å². The number of ether oxygens (including phenoxy) is 4. The van der Waals surface area contributed by atoms with Crippen LogP contribution in [0.25, 0.3) is 6.08 Å². The van der Waals surface area contributed by atoms with Crippen LogP contribution < -0.4 is 29.1 Å². The molecule has 1 atom stereocenters. The maximum atomic E-state index is 14.0. The van der Waals surface area contributed by atoms with E-state index in [0.29, 0.717) is 56.6 Å². The lowest BCUT2D eigenvalue weighted by Crippen LogP contribution is -2.40. The minimum atomic E-state index is -0.753. The van der Waals surface area contributed by atoms with Crippen molar-refractivity contribution < 1.29 is 23.7 Å². The number of carbonyl (C=O) groups excluding carboxylic acids is 1. The van der Waals surface area contributed by atoms with Gasteiger partial charge in [-0.25, -0.2) is 9.79 Å². The maximum Gasteiger partial charge on any atom is 0.338 e. The SMILES string of the molecule is CCOC(=O)C1=C(C)N=c2sc(=Cc3ccc(OCC)c(OCC)c3)c(=O)n2C1c1ccccc1OC(C)C. The molecule has 0 spiro atoms. The highest BCUT2D eigenvalue weighted by atomic mass is 32.1. The molecule has 9 heteroatoms. The van der Waals surface area contributed by atoms with Gasteiger partial charge in [-0.15, -0.1) is 0 Å². The number of hydrogen-bond donors (Lipinski definition) is 0. The van der Waals surface area contributed by atoms with Crippen molar-refractivity contribution in [3.05, 3.63) is 84.5 Å². The van der Waals surface area contributed by atoms with E-state index in [0.717, 1.165) is 5.56 Å². The molecule has 1 aliphatic heterocycles. The molecule has 3 aromatic rings. The van der Waals surface area contributed by atoms with Crippen LogP contribution in [0.1, 0.15) is 58.7 Å². The maximum absolute atomic E-state index is 14.0. The molecule has 0 saturated carbocycles. The minimum absolute atomic E-state index is 0.0997. The number of allylic oxidation sites excluding steroid dienone is 1. The number of rotatable bonds is 10. The molecule has 0 radical (unpaired) electrons. The van der Waals surface area contributed by atoms with Crippen LogP contribution in [0.5, 0.6) is 17.2 Å². The van der Waals surface area contributed by atoms with Crippen LogP contribution in [-0.2, 0) is 9.53 Å². The summed E-state index contributed by atoms with van der Waals surface area (Å²) in [5.74, 6) is 1.34. The smallest absolute Gasteiger partial charge is 0.338 e. The summed E-state index contributed by atoms with van der Waals surface area (Å²) in [4.78, 5) is 32.3. The number of thiazole rings is 1. The van der Waals surface area contributed by atoms with Gasteiger partial charge in [0.25, 0.3) is 5.56 Å². The van der Waals surface area contributed by atoms with E-state index in [1.807, 2.05) is 70.2 Å². The normalized spacial score (nSPS) is 15.2. The average Bonchev–Trinajstić information content (AvgIpc) is 3.19. The summed E-state index contributed by atoms with van der Waals surface area (Å²) in [5.41, 5.74) is 2.04. The van der Waals surface area contributed by atoms with E-state index in [1.165, 1.54) is 11.3 Å². The van der Waals surface area contributed by atoms with E-state index >= 15 is 0 Å². The second kappa shape index (κ2) is 12.3. The number of esters is 1. The fourth-order valence-corrected chi connectivity index (χ4v) is 5.51. The van der Waals surface area contributed by atoms with Gasteiger partial charge in [0.2, 0.25) is 0 Å². The minimum Gasteiger partial charge on any atom is -0.491 e. The van der Waals surface area contributed by atoms with Crippen LogP contribution in [0.3, 0.4) is 0 Å². The Hall–Kier alpha value is -3.85. The van der Waals surface area contributed by atoms with Gasteiger partial charge in [-0.05, 0) is 71.4 Å². The Morgan fingerprint density at radius 1 is 1.03 bits per heavy atom. The topological polar surface area (TPSA) is 88.4 Å². The Labute approximate surface area is 231 Å². The molecule has 0 N–H and O–H groups in total. The summed E-state index contributed by atoms with van der Waals surface area (Å²) in [6.45, 7) is 12.4. The fourth-order valence-electron chi connectivity index (χ4n) is 4.46.